The number of hydrogen-bond acceptors (Lipinski definition) is 2. The van der Waals surface area contributed by atoms with Crippen molar-refractivity contribution in [1.29, 1.82) is 0 Å². The van der Waals surface area contributed by atoms with Gasteiger partial charge >= 0.3 is 0 Å². The molecule has 0 saturated heterocycles. The van der Waals surface area contributed by atoms with E-state index in [9.17, 15) is 4.79 Å². The Morgan fingerprint density at radius 1 is 1.64 bits per heavy atom. The van der Waals surface area contributed by atoms with E-state index in [1.54, 1.807) is 6.20 Å². The van der Waals surface area contributed by atoms with Crippen molar-refractivity contribution in [2.75, 3.05) is 13.1 Å². The summed E-state index contributed by atoms with van der Waals surface area (Å²) in [4.78, 5) is 10.9. The van der Waals surface area contributed by atoms with Crippen molar-refractivity contribution in [1.82, 2.24) is 15.5 Å². The van der Waals surface area contributed by atoms with E-state index in [1.165, 1.54) is 0 Å². The first-order valence-corrected chi connectivity index (χ1v) is 3.80. The SMILES string of the molecule is CCNCCc1c[nH][nH]c1=O. The molecule has 0 aliphatic rings. The summed E-state index contributed by atoms with van der Waals surface area (Å²) >= 11 is 0. The molecule has 62 valence electrons. The Morgan fingerprint density at radius 2 is 2.45 bits per heavy atom. The van der Waals surface area contributed by atoms with E-state index in [1.807, 2.05) is 6.92 Å². The monoisotopic (exact) mass is 155 g/mol. The van der Waals surface area contributed by atoms with E-state index in [0.29, 0.717) is 0 Å². The molecule has 0 aliphatic carbocycles. The molecule has 1 heterocycles. The van der Waals surface area contributed by atoms with Crippen molar-refractivity contribution < 1.29 is 0 Å². The Hall–Kier alpha value is -1.03. The van der Waals surface area contributed by atoms with Crippen LogP contribution in [0.4, 0.5) is 0 Å². The summed E-state index contributed by atoms with van der Waals surface area (Å²) in [7, 11) is 0. The fourth-order valence-electron chi connectivity index (χ4n) is 0.920. The molecule has 1 aromatic rings. The number of H-pyrrole nitrogens is 2. The first-order chi connectivity index (χ1) is 5.34. The van der Waals surface area contributed by atoms with Gasteiger partial charge in [-0.2, -0.15) is 0 Å². The van der Waals surface area contributed by atoms with Crippen molar-refractivity contribution in [3.05, 3.63) is 22.1 Å². The van der Waals surface area contributed by atoms with E-state index in [4.69, 9.17) is 0 Å². The topological polar surface area (TPSA) is 60.7 Å². The molecule has 0 fully saturated rings. The predicted molar refractivity (Wildman–Crippen MR) is 43.7 cm³/mol. The van der Waals surface area contributed by atoms with Crippen LogP contribution in [0.1, 0.15) is 12.5 Å². The number of hydrogen-bond donors (Lipinski definition) is 3. The van der Waals surface area contributed by atoms with Gasteiger partial charge in [-0.15, -0.1) is 0 Å². The molecule has 0 spiro atoms. The summed E-state index contributed by atoms with van der Waals surface area (Å²) in [5, 5.41) is 8.29. The maximum atomic E-state index is 10.9. The van der Waals surface area contributed by atoms with Gasteiger partial charge in [0.1, 0.15) is 0 Å². The van der Waals surface area contributed by atoms with E-state index < -0.39 is 0 Å². The summed E-state index contributed by atoms with van der Waals surface area (Å²) in [6, 6.07) is 0. The second-order valence-electron chi connectivity index (χ2n) is 2.37. The third kappa shape index (κ3) is 2.23. The third-order valence-electron chi connectivity index (χ3n) is 1.54. The molecule has 0 aliphatic heterocycles. The smallest absolute Gasteiger partial charge is 0.267 e. The highest BCUT2D eigenvalue weighted by Gasteiger charge is 1.97. The molecule has 3 N–H and O–H groups in total. The highest BCUT2D eigenvalue weighted by Crippen LogP contribution is 1.85. The highest BCUT2D eigenvalue weighted by atomic mass is 16.1. The molecule has 0 atom stereocenters. The van der Waals surface area contributed by atoms with Crippen LogP contribution in [0.15, 0.2) is 11.0 Å². The fourth-order valence-corrected chi connectivity index (χ4v) is 0.920. The van der Waals surface area contributed by atoms with Crippen LogP contribution < -0.4 is 10.9 Å². The molecule has 0 bridgehead atoms. The molecule has 0 unspecified atom stereocenters. The van der Waals surface area contributed by atoms with Crippen LogP contribution in [0.25, 0.3) is 0 Å². The van der Waals surface area contributed by atoms with Crippen LogP contribution in [0.3, 0.4) is 0 Å². The van der Waals surface area contributed by atoms with Crippen molar-refractivity contribution >= 4 is 0 Å². The fraction of sp³-hybridized carbons (Fsp3) is 0.571. The third-order valence-corrected chi connectivity index (χ3v) is 1.54. The number of rotatable bonds is 4. The molecule has 0 amide bonds. The predicted octanol–water partition coefficient (Wildman–Crippen LogP) is -0.145. The van der Waals surface area contributed by atoms with Crippen molar-refractivity contribution in [3.63, 3.8) is 0 Å². The zero-order chi connectivity index (χ0) is 8.10. The van der Waals surface area contributed by atoms with Crippen molar-refractivity contribution in [2.24, 2.45) is 0 Å². The van der Waals surface area contributed by atoms with Crippen LogP contribution in [0.2, 0.25) is 0 Å². The Bertz CT molecular complexity index is 250. The average molecular weight is 155 g/mol. The first-order valence-electron chi connectivity index (χ1n) is 3.80. The molecule has 4 heteroatoms. The van der Waals surface area contributed by atoms with Gasteiger partial charge in [-0.05, 0) is 19.5 Å². The Labute approximate surface area is 65.0 Å². The summed E-state index contributed by atoms with van der Waals surface area (Å²) in [6.07, 6.45) is 2.49. The molecule has 0 radical (unpaired) electrons. The number of aromatic nitrogens is 2. The number of likely N-dealkylation sites (N-methyl/N-ethyl adjacent to an activating group) is 1. The quantitative estimate of drug-likeness (QED) is 0.530. The standard InChI is InChI=1S/C7H13N3O/c1-2-8-4-3-6-5-9-10-7(6)11/h5,8H,2-4H2,1H3,(H2,9,10,11). The van der Waals surface area contributed by atoms with E-state index in [0.717, 1.165) is 25.1 Å². The van der Waals surface area contributed by atoms with E-state index in [2.05, 4.69) is 15.5 Å². The van der Waals surface area contributed by atoms with Gasteiger partial charge in [-0.1, -0.05) is 6.92 Å². The van der Waals surface area contributed by atoms with Gasteiger partial charge in [0.2, 0.25) is 0 Å². The molecular weight excluding hydrogens is 142 g/mol. The molecule has 0 saturated carbocycles. The normalized spacial score (nSPS) is 10.3. The second-order valence-corrected chi connectivity index (χ2v) is 2.37. The van der Waals surface area contributed by atoms with Gasteiger partial charge in [0.15, 0.2) is 0 Å². The van der Waals surface area contributed by atoms with E-state index in [-0.39, 0.29) is 5.56 Å². The molecule has 0 aromatic carbocycles. The number of aromatic amines is 2. The zero-order valence-electron chi connectivity index (χ0n) is 6.61. The van der Waals surface area contributed by atoms with Crippen LogP contribution in [0, 0.1) is 0 Å². The Balaban J connectivity index is 2.39. The average Bonchev–Trinajstić information content (AvgIpc) is 2.37. The molecule has 4 nitrogen and oxygen atoms in total. The lowest BCUT2D eigenvalue weighted by molar-refractivity contribution is 0.715. The lowest BCUT2D eigenvalue weighted by Crippen LogP contribution is -2.18. The molecule has 1 rings (SSSR count). The lowest BCUT2D eigenvalue weighted by Gasteiger charge is -1.96. The summed E-state index contributed by atoms with van der Waals surface area (Å²) in [6.45, 7) is 3.85. The minimum Gasteiger partial charge on any atom is -0.317 e. The van der Waals surface area contributed by atoms with Crippen LogP contribution in [-0.4, -0.2) is 23.3 Å². The van der Waals surface area contributed by atoms with Gasteiger partial charge in [0.25, 0.3) is 5.56 Å². The van der Waals surface area contributed by atoms with Crippen molar-refractivity contribution in [2.45, 2.75) is 13.3 Å². The molecular formula is C7H13N3O. The van der Waals surface area contributed by atoms with Gasteiger partial charge < -0.3 is 10.4 Å². The second kappa shape index (κ2) is 3.98. The minimum absolute atomic E-state index is 0.0112. The number of nitrogens with one attached hydrogen (secondary N) is 3. The molecule has 11 heavy (non-hydrogen) atoms. The lowest BCUT2D eigenvalue weighted by atomic mass is 10.2. The summed E-state index contributed by atoms with van der Waals surface area (Å²) in [5.41, 5.74) is 0.800. The largest absolute Gasteiger partial charge is 0.317 e. The molecule has 1 aromatic heterocycles. The van der Waals surface area contributed by atoms with Gasteiger partial charge in [0.05, 0.1) is 0 Å². The van der Waals surface area contributed by atoms with Gasteiger partial charge in [-0.25, -0.2) is 0 Å². The maximum Gasteiger partial charge on any atom is 0.267 e. The Kier molecular flexibility index (Phi) is 2.92. The minimum atomic E-state index is -0.0112. The van der Waals surface area contributed by atoms with E-state index >= 15 is 0 Å². The van der Waals surface area contributed by atoms with Gasteiger partial charge in [0, 0.05) is 11.8 Å². The van der Waals surface area contributed by atoms with Crippen LogP contribution >= 0.6 is 0 Å². The van der Waals surface area contributed by atoms with Crippen LogP contribution in [-0.2, 0) is 6.42 Å². The van der Waals surface area contributed by atoms with Crippen molar-refractivity contribution in [3.8, 4) is 0 Å². The first kappa shape index (κ1) is 8.07. The summed E-state index contributed by atoms with van der Waals surface area (Å²) in [5.74, 6) is 0. The zero-order valence-corrected chi connectivity index (χ0v) is 6.61. The van der Waals surface area contributed by atoms with Gasteiger partial charge in [-0.3, -0.25) is 9.89 Å². The van der Waals surface area contributed by atoms with Crippen LogP contribution in [0.5, 0.6) is 0 Å². The Morgan fingerprint density at radius 3 is 3.00 bits per heavy atom. The highest BCUT2D eigenvalue weighted by molar-refractivity contribution is 5.03. The summed E-state index contributed by atoms with van der Waals surface area (Å²) < 4.78 is 0. The maximum absolute atomic E-state index is 10.9.